The summed E-state index contributed by atoms with van der Waals surface area (Å²) in [6.07, 6.45) is 6.34. The highest BCUT2D eigenvalue weighted by Crippen LogP contribution is 2.39. The normalized spacial score (nSPS) is 18.9. The van der Waals surface area contributed by atoms with Gasteiger partial charge in [-0.25, -0.2) is 4.98 Å². The average molecular weight is 676 g/mol. The number of ether oxygens (including phenoxy) is 2. The number of hydrogen-bond donors (Lipinski definition) is 2. The van der Waals surface area contributed by atoms with Crippen LogP contribution in [-0.2, 0) is 9.47 Å². The third-order valence-electron chi connectivity index (χ3n) is 9.06. The van der Waals surface area contributed by atoms with Gasteiger partial charge >= 0.3 is 0 Å². The largest absolute Gasteiger partial charge is 0.393 e. The van der Waals surface area contributed by atoms with Crippen LogP contribution in [0.2, 0.25) is 51.4 Å². The summed E-state index contributed by atoms with van der Waals surface area (Å²) in [5.74, 6) is 1.02. The van der Waals surface area contributed by atoms with Crippen molar-refractivity contribution in [1.29, 1.82) is 0 Å². The van der Waals surface area contributed by atoms with Crippen LogP contribution in [0.3, 0.4) is 0 Å². The Balaban J connectivity index is 1.51. The molecule has 1 aromatic carbocycles. The first kappa shape index (κ1) is 35.4. The SMILES string of the molecule is C[Si](C)(C)CCOCN(COCC[Si](C)(C)C)c1cc([C@H]2CC[C@@](O)(CO)CC2)nc2c(-c3ccc(-c4ccccc4)nc3)cnn12. The summed E-state index contributed by atoms with van der Waals surface area (Å²) in [5.41, 5.74) is 4.52. The monoisotopic (exact) mass is 675 g/mol. The molecule has 254 valence electrons. The minimum Gasteiger partial charge on any atom is -0.393 e. The lowest BCUT2D eigenvalue weighted by molar-refractivity contribution is -0.0458. The van der Waals surface area contributed by atoms with E-state index in [-0.39, 0.29) is 12.5 Å². The number of aromatic nitrogens is 4. The highest BCUT2D eigenvalue weighted by Gasteiger charge is 2.34. The number of anilines is 1. The van der Waals surface area contributed by atoms with Crippen molar-refractivity contribution in [2.45, 2.75) is 88.6 Å². The van der Waals surface area contributed by atoms with Crippen LogP contribution in [0.25, 0.3) is 28.0 Å². The summed E-state index contributed by atoms with van der Waals surface area (Å²) in [5, 5.41) is 25.4. The van der Waals surface area contributed by atoms with Gasteiger partial charge in [-0.05, 0) is 43.8 Å². The van der Waals surface area contributed by atoms with Crippen LogP contribution in [-0.4, -0.2) is 84.8 Å². The molecule has 0 radical (unpaired) electrons. The van der Waals surface area contributed by atoms with Gasteiger partial charge in [-0.3, -0.25) is 4.98 Å². The van der Waals surface area contributed by atoms with E-state index in [1.54, 1.807) is 0 Å². The lowest BCUT2D eigenvalue weighted by Gasteiger charge is -2.34. The Morgan fingerprint density at radius 2 is 1.51 bits per heavy atom. The maximum absolute atomic E-state index is 10.8. The highest BCUT2D eigenvalue weighted by molar-refractivity contribution is 6.76. The van der Waals surface area contributed by atoms with Gasteiger partial charge in [0, 0.05) is 69.9 Å². The molecule has 0 amide bonds. The van der Waals surface area contributed by atoms with Gasteiger partial charge < -0.3 is 24.6 Å². The third kappa shape index (κ3) is 9.58. The van der Waals surface area contributed by atoms with E-state index in [0.29, 0.717) is 39.5 Å². The number of pyridine rings is 1. The van der Waals surface area contributed by atoms with Gasteiger partial charge in [0.15, 0.2) is 5.65 Å². The van der Waals surface area contributed by atoms with E-state index in [0.717, 1.165) is 64.5 Å². The van der Waals surface area contributed by atoms with E-state index in [4.69, 9.17) is 24.5 Å². The molecule has 5 rings (SSSR count). The molecule has 47 heavy (non-hydrogen) atoms. The number of aliphatic hydroxyl groups is 2. The van der Waals surface area contributed by atoms with Gasteiger partial charge in [-0.2, -0.15) is 9.61 Å². The van der Waals surface area contributed by atoms with Crippen molar-refractivity contribution in [3.8, 4) is 22.4 Å². The summed E-state index contributed by atoms with van der Waals surface area (Å²) in [4.78, 5) is 12.1. The fourth-order valence-electron chi connectivity index (χ4n) is 5.82. The smallest absolute Gasteiger partial charge is 0.165 e. The number of fused-ring (bicyclic) bond motifs is 1. The van der Waals surface area contributed by atoms with Crippen LogP contribution in [0.4, 0.5) is 5.82 Å². The molecule has 0 aliphatic heterocycles. The number of nitrogens with zero attached hydrogens (tertiary/aromatic N) is 5. The lowest BCUT2D eigenvalue weighted by atomic mass is 9.78. The standard InChI is InChI=1S/C36H53N5O4Si2/c1-46(2,3)20-18-44-26-40(27-45-19-21-47(4,5)6)34-22-33(29-14-16-36(43,25-42)17-15-29)39-35-31(24-38-41(34)35)30-12-13-32(37-23-30)28-10-8-7-9-11-28/h7-13,22-24,29,42-43H,14-21,25-27H2,1-6H3/t29-,36-. The second-order valence-electron chi connectivity index (χ2n) is 15.5. The summed E-state index contributed by atoms with van der Waals surface area (Å²) < 4.78 is 14.5. The summed E-state index contributed by atoms with van der Waals surface area (Å²) in [7, 11) is -2.51. The second kappa shape index (κ2) is 15.1. The van der Waals surface area contributed by atoms with Gasteiger partial charge in [0.05, 0.1) is 24.1 Å². The van der Waals surface area contributed by atoms with E-state index in [2.05, 4.69) is 68.4 Å². The number of benzene rings is 1. The quantitative estimate of drug-likeness (QED) is 0.0770. The first-order valence-electron chi connectivity index (χ1n) is 17.0. The van der Waals surface area contributed by atoms with Crippen LogP contribution in [0, 0.1) is 0 Å². The van der Waals surface area contributed by atoms with Crippen LogP contribution >= 0.6 is 0 Å². The topological polar surface area (TPSA) is 105 Å². The lowest BCUT2D eigenvalue weighted by Crippen LogP contribution is -2.37. The Morgan fingerprint density at radius 1 is 0.872 bits per heavy atom. The van der Waals surface area contributed by atoms with Crippen molar-refractivity contribution in [3.63, 3.8) is 0 Å². The predicted octanol–water partition coefficient (Wildman–Crippen LogP) is 7.27. The van der Waals surface area contributed by atoms with Crippen LogP contribution in [0.15, 0.2) is 60.9 Å². The number of rotatable bonds is 15. The molecule has 0 bridgehead atoms. The molecular weight excluding hydrogens is 623 g/mol. The van der Waals surface area contributed by atoms with Crippen molar-refractivity contribution in [2.24, 2.45) is 0 Å². The van der Waals surface area contributed by atoms with Crippen molar-refractivity contribution >= 4 is 27.6 Å². The molecule has 1 saturated carbocycles. The molecule has 0 saturated heterocycles. The first-order chi connectivity index (χ1) is 22.3. The zero-order chi connectivity index (χ0) is 33.7. The Labute approximate surface area is 282 Å². The van der Waals surface area contributed by atoms with Crippen molar-refractivity contribution in [1.82, 2.24) is 19.6 Å². The fourth-order valence-corrected chi connectivity index (χ4v) is 7.33. The van der Waals surface area contributed by atoms with E-state index in [9.17, 15) is 10.2 Å². The van der Waals surface area contributed by atoms with Gasteiger partial charge in [0.2, 0.25) is 0 Å². The molecule has 0 unspecified atom stereocenters. The second-order valence-corrected chi connectivity index (χ2v) is 26.8. The molecule has 4 aromatic rings. The molecule has 1 fully saturated rings. The minimum absolute atomic E-state index is 0.148. The highest BCUT2D eigenvalue weighted by atomic mass is 28.3. The van der Waals surface area contributed by atoms with E-state index in [1.807, 2.05) is 41.2 Å². The number of hydrogen-bond acceptors (Lipinski definition) is 8. The summed E-state index contributed by atoms with van der Waals surface area (Å²) in [6, 6.07) is 18.6. The van der Waals surface area contributed by atoms with Crippen molar-refractivity contribution in [2.75, 3.05) is 38.2 Å². The van der Waals surface area contributed by atoms with Gasteiger partial charge in [-0.15, -0.1) is 0 Å². The third-order valence-corrected chi connectivity index (χ3v) is 12.5. The molecule has 0 spiro atoms. The minimum atomic E-state index is -1.25. The van der Waals surface area contributed by atoms with Gasteiger partial charge in [0.1, 0.15) is 19.3 Å². The fraction of sp³-hybridized carbons (Fsp3) is 0.528. The zero-order valence-corrected chi connectivity index (χ0v) is 31.1. The van der Waals surface area contributed by atoms with Gasteiger partial charge in [0.25, 0.3) is 0 Å². The van der Waals surface area contributed by atoms with Crippen LogP contribution in [0.1, 0.15) is 37.3 Å². The molecule has 0 atom stereocenters. The molecule has 9 nitrogen and oxygen atoms in total. The van der Waals surface area contributed by atoms with Crippen LogP contribution in [0.5, 0.6) is 0 Å². The van der Waals surface area contributed by atoms with Crippen LogP contribution < -0.4 is 4.90 Å². The maximum Gasteiger partial charge on any atom is 0.165 e. The Bertz CT molecular complexity index is 1560. The first-order valence-corrected chi connectivity index (χ1v) is 24.4. The average Bonchev–Trinajstić information content (AvgIpc) is 3.48. The Morgan fingerprint density at radius 3 is 2.06 bits per heavy atom. The van der Waals surface area contributed by atoms with E-state index in [1.165, 1.54) is 0 Å². The zero-order valence-electron chi connectivity index (χ0n) is 29.1. The van der Waals surface area contributed by atoms with Gasteiger partial charge in [-0.1, -0.05) is 75.7 Å². The molecule has 2 N–H and O–H groups in total. The number of aliphatic hydroxyl groups excluding tert-OH is 1. The molecule has 11 heteroatoms. The molecule has 3 heterocycles. The Kier molecular flexibility index (Phi) is 11.4. The van der Waals surface area contributed by atoms with Crippen molar-refractivity contribution in [3.05, 3.63) is 66.6 Å². The molecule has 3 aromatic heterocycles. The summed E-state index contributed by atoms with van der Waals surface area (Å²) in [6.45, 7) is 16.1. The molecule has 1 aliphatic rings. The summed E-state index contributed by atoms with van der Waals surface area (Å²) >= 11 is 0. The maximum atomic E-state index is 10.8. The van der Waals surface area contributed by atoms with Crippen molar-refractivity contribution < 1.29 is 19.7 Å². The van der Waals surface area contributed by atoms with E-state index < -0.39 is 21.7 Å². The molecule has 1 aliphatic carbocycles. The molecular formula is C36H53N5O4Si2. The Hall–Kier alpha value is -2.94. The predicted molar refractivity (Wildman–Crippen MR) is 195 cm³/mol. The van der Waals surface area contributed by atoms with E-state index >= 15 is 0 Å².